The maximum atomic E-state index is 12.0. The van der Waals surface area contributed by atoms with Gasteiger partial charge in [0.25, 0.3) is 5.91 Å². The summed E-state index contributed by atoms with van der Waals surface area (Å²) in [4.78, 5) is 19.6. The van der Waals surface area contributed by atoms with Gasteiger partial charge in [0.05, 0.1) is 5.56 Å². The molecule has 3 aromatic rings. The molecule has 2 aromatic carbocycles. The van der Waals surface area contributed by atoms with E-state index in [1.165, 1.54) is 18.7 Å². The van der Waals surface area contributed by atoms with Crippen molar-refractivity contribution in [3.8, 4) is 16.9 Å². The van der Waals surface area contributed by atoms with Crippen molar-refractivity contribution in [2.24, 2.45) is 0 Å². The van der Waals surface area contributed by atoms with E-state index in [1.807, 2.05) is 18.2 Å². The van der Waals surface area contributed by atoms with Crippen LogP contribution >= 0.6 is 0 Å². The molecule has 0 aliphatic carbocycles. The van der Waals surface area contributed by atoms with Gasteiger partial charge in [-0.05, 0) is 35.4 Å². The fraction of sp³-hybridized carbons (Fsp3) is 0. The van der Waals surface area contributed by atoms with Gasteiger partial charge in [-0.15, -0.1) is 0 Å². The van der Waals surface area contributed by atoms with E-state index in [2.05, 4.69) is 15.3 Å². The highest BCUT2D eigenvalue weighted by molar-refractivity contribution is 6.03. The number of carbonyl (C=O) groups is 1. The van der Waals surface area contributed by atoms with Crippen LogP contribution in [0, 0.1) is 0 Å². The normalized spacial score (nSPS) is 10.2. The van der Waals surface area contributed by atoms with E-state index < -0.39 is 0 Å². The van der Waals surface area contributed by atoms with Crippen molar-refractivity contribution in [3.05, 3.63) is 72.8 Å². The summed E-state index contributed by atoms with van der Waals surface area (Å²) < 4.78 is 0. The van der Waals surface area contributed by atoms with Gasteiger partial charge in [-0.3, -0.25) is 4.79 Å². The number of benzene rings is 2. The molecule has 5 nitrogen and oxygen atoms in total. The van der Waals surface area contributed by atoms with Crippen LogP contribution in [0.4, 0.5) is 5.69 Å². The van der Waals surface area contributed by atoms with Gasteiger partial charge in [-0.25, -0.2) is 9.97 Å². The first-order chi connectivity index (χ1) is 10.7. The molecule has 108 valence electrons. The Labute approximate surface area is 127 Å². The van der Waals surface area contributed by atoms with E-state index in [0.29, 0.717) is 11.3 Å². The lowest BCUT2D eigenvalue weighted by Gasteiger charge is -2.07. The number of phenolic OH excluding ortho intramolecular Hbond substituents is 1. The Hall–Kier alpha value is -3.21. The molecule has 22 heavy (non-hydrogen) atoms. The molecule has 0 unspecified atom stereocenters. The second kappa shape index (κ2) is 6.05. The van der Waals surface area contributed by atoms with Crippen molar-refractivity contribution in [1.29, 1.82) is 0 Å². The molecular formula is C17H13N3O2. The summed E-state index contributed by atoms with van der Waals surface area (Å²) in [6.45, 7) is 0. The summed E-state index contributed by atoms with van der Waals surface area (Å²) in [5.41, 5.74) is 2.95. The van der Waals surface area contributed by atoms with Crippen molar-refractivity contribution in [3.63, 3.8) is 0 Å². The number of rotatable bonds is 3. The van der Waals surface area contributed by atoms with Gasteiger partial charge < -0.3 is 10.4 Å². The minimum Gasteiger partial charge on any atom is -0.508 e. The zero-order chi connectivity index (χ0) is 15.4. The molecule has 2 N–H and O–H groups in total. The quantitative estimate of drug-likeness (QED) is 0.777. The number of aromatic nitrogens is 2. The van der Waals surface area contributed by atoms with Crippen molar-refractivity contribution < 1.29 is 9.90 Å². The number of anilines is 1. The summed E-state index contributed by atoms with van der Waals surface area (Å²) in [5.74, 6) is -0.0373. The average Bonchev–Trinajstić information content (AvgIpc) is 2.56. The molecule has 0 fully saturated rings. The lowest BCUT2D eigenvalue weighted by molar-refractivity contribution is 0.102. The number of aromatic hydroxyl groups is 1. The van der Waals surface area contributed by atoms with Crippen LogP contribution in [0.2, 0.25) is 0 Å². The molecule has 0 saturated carbocycles. The van der Waals surface area contributed by atoms with Crippen LogP contribution in [0.3, 0.4) is 0 Å². The predicted molar refractivity (Wildman–Crippen MR) is 83.5 cm³/mol. The average molecular weight is 291 g/mol. The molecule has 0 aliphatic rings. The van der Waals surface area contributed by atoms with E-state index in [1.54, 1.807) is 30.3 Å². The van der Waals surface area contributed by atoms with Crippen LogP contribution < -0.4 is 5.32 Å². The molecule has 0 aliphatic heterocycles. The topological polar surface area (TPSA) is 75.1 Å². The van der Waals surface area contributed by atoms with Crippen molar-refractivity contribution >= 4 is 11.6 Å². The van der Waals surface area contributed by atoms with Gasteiger partial charge in [0.2, 0.25) is 0 Å². The first-order valence-corrected chi connectivity index (χ1v) is 6.68. The first kappa shape index (κ1) is 13.8. The van der Waals surface area contributed by atoms with Crippen molar-refractivity contribution in [2.45, 2.75) is 0 Å². The lowest BCUT2D eigenvalue weighted by atomic mass is 10.1. The number of hydrogen-bond donors (Lipinski definition) is 2. The highest BCUT2D eigenvalue weighted by Gasteiger charge is 2.06. The van der Waals surface area contributed by atoms with Crippen LogP contribution in [0.15, 0.2) is 67.3 Å². The lowest BCUT2D eigenvalue weighted by Crippen LogP contribution is -2.12. The Balaban J connectivity index is 1.76. The van der Waals surface area contributed by atoms with Crippen molar-refractivity contribution in [1.82, 2.24) is 9.97 Å². The van der Waals surface area contributed by atoms with Gasteiger partial charge in [-0.2, -0.15) is 0 Å². The van der Waals surface area contributed by atoms with Crippen molar-refractivity contribution in [2.75, 3.05) is 5.32 Å². The highest BCUT2D eigenvalue weighted by atomic mass is 16.3. The molecule has 0 radical (unpaired) electrons. The van der Waals surface area contributed by atoms with E-state index in [9.17, 15) is 9.90 Å². The van der Waals surface area contributed by atoms with Gasteiger partial charge in [0.15, 0.2) is 0 Å². The number of nitrogens with zero attached hydrogens (tertiary/aromatic N) is 2. The SMILES string of the molecule is O=C(Nc1ccc(-c2cccc(O)c2)cc1)c1cncnc1. The zero-order valence-electron chi connectivity index (χ0n) is 11.6. The van der Waals surface area contributed by atoms with E-state index >= 15 is 0 Å². The summed E-state index contributed by atoms with van der Waals surface area (Å²) in [5, 5.41) is 12.3. The van der Waals surface area contributed by atoms with Gasteiger partial charge in [0.1, 0.15) is 12.1 Å². The highest BCUT2D eigenvalue weighted by Crippen LogP contribution is 2.24. The molecule has 3 rings (SSSR count). The molecule has 0 saturated heterocycles. The summed E-state index contributed by atoms with van der Waals surface area (Å²) in [6, 6.07) is 14.4. The monoisotopic (exact) mass is 291 g/mol. The Kier molecular flexibility index (Phi) is 3.78. The van der Waals surface area contributed by atoms with Crippen LogP contribution in [0.1, 0.15) is 10.4 Å². The number of amides is 1. The summed E-state index contributed by atoms with van der Waals surface area (Å²) in [7, 11) is 0. The largest absolute Gasteiger partial charge is 0.508 e. The molecule has 0 atom stereocenters. The maximum Gasteiger partial charge on any atom is 0.258 e. The van der Waals surface area contributed by atoms with Crippen LogP contribution in [0.25, 0.3) is 11.1 Å². The standard InChI is InChI=1S/C17H13N3O2/c21-16-3-1-2-13(8-16)12-4-6-15(7-5-12)20-17(22)14-9-18-11-19-10-14/h1-11,21H,(H,20,22). The van der Waals surface area contributed by atoms with Crippen LogP contribution in [-0.2, 0) is 0 Å². The molecule has 5 heteroatoms. The minimum atomic E-state index is -0.259. The Morgan fingerprint density at radius 2 is 1.68 bits per heavy atom. The summed E-state index contributed by atoms with van der Waals surface area (Å²) in [6.07, 6.45) is 4.30. The summed E-state index contributed by atoms with van der Waals surface area (Å²) >= 11 is 0. The smallest absolute Gasteiger partial charge is 0.258 e. The minimum absolute atomic E-state index is 0.221. The number of nitrogens with one attached hydrogen (secondary N) is 1. The second-order valence-electron chi connectivity index (χ2n) is 4.71. The number of hydrogen-bond acceptors (Lipinski definition) is 4. The third-order valence-electron chi connectivity index (χ3n) is 3.15. The number of phenols is 1. The number of carbonyl (C=O) groups excluding carboxylic acids is 1. The fourth-order valence-corrected chi connectivity index (χ4v) is 2.05. The van der Waals surface area contributed by atoms with E-state index in [-0.39, 0.29) is 11.7 Å². The molecular weight excluding hydrogens is 278 g/mol. The maximum absolute atomic E-state index is 12.0. The molecule has 1 heterocycles. The molecule has 0 bridgehead atoms. The van der Waals surface area contributed by atoms with Crippen LogP contribution in [0.5, 0.6) is 5.75 Å². The Morgan fingerprint density at radius 3 is 2.36 bits per heavy atom. The van der Waals surface area contributed by atoms with Gasteiger partial charge >= 0.3 is 0 Å². The van der Waals surface area contributed by atoms with Crippen LogP contribution in [-0.4, -0.2) is 21.0 Å². The molecule has 1 aromatic heterocycles. The third-order valence-corrected chi connectivity index (χ3v) is 3.15. The van der Waals surface area contributed by atoms with E-state index in [0.717, 1.165) is 11.1 Å². The molecule has 1 amide bonds. The van der Waals surface area contributed by atoms with Gasteiger partial charge in [-0.1, -0.05) is 24.3 Å². The Morgan fingerprint density at radius 1 is 0.955 bits per heavy atom. The molecule has 0 spiro atoms. The third kappa shape index (κ3) is 3.09. The predicted octanol–water partition coefficient (Wildman–Crippen LogP) is 3.10. The first-order valence-electron chi connectivity index (χ1n) is 6.68. The fourth-order valence-electron chi connectivity index (χ4n) is 2.05. The zero-order valence-corrected chi connectivity index (χ0v) is 11.6. The Bertz CT molecular complexity index is 787. The van der Waals surface area contributed by atoms with Gasteiger partial charge in [0, 0.05) is 18.1 Å². The second-order valence-corrected chi connectivity index (χ2v) is 4.71. The van der Waals surface area contributed by atoms with E-state index in [4.69, 9.17) is 0 Å².